The predicted octanol–water partition coefficient (Wildman–Crippen LogP) is 2.90. The molecule has 0 aliphatic heterocycles. The monoisotopic (exact) mass is 404 g/mol. The molecule has 1 rings (SSSR count). The number of hydrogen-bond acceptors (Lipinski definition) is 6. The van der Waals surface area contributed by atoms with Gasteiger partial charge >= 0.3 is 6.09 Å². The normalized spacial score (nSPS) is 13.2. The van der Waals surface area contributed by atoms with Gasteiger partial charge in [0.1, 0.15) is 5.60 Å². The van der Waals surface area contributed by atoms with Crippen LogP contribution in [0.1, 0.15) is 20.8 Å². The van der Waals surface area contributed by atoms with Gasteiger partial charge in [-0.25, -0.2) is 14.0 Å². The molecule has 1 atom stereocenters. The van der Waals surface area contributed by atoms with Gasteiger partial charge in [-0.3, -0.25) is 4.18 Å². The number of aromatic nitrogens is 1. The largest absolute Gasteiger partial charge is 0.443 e. The molecular weight excluding hydrogens is 391 g/mol. The van der Waals surface area contributed by atoms with Gasteiger partial charge in [0.15, 0.2) is 5.03 Å². The summed E-state index contributed by atoms with van der Waals surface area (Å²) in [6, 6.07) is 0. The molecule has 1 unspecified atom stereocenters. The van der Waals surface area contributed by atoms with Crippen molar-refractivity contribution in [3.05, 3.63) is 5.38 Å². The van der Waals surface area contributed by atoms with Crippen LogP contribution >= 0.6 is 34.2 Å². The van der Waals surface area contributed by atoms with Crippen molar-refractivity contribution in [2.75, 3.05) is 10.2 Å². The van der Waals surface area contributed by atoms with E-state index in [1.807, 2.05) is 0 Å². The number of carbonyl (C=O) groups excluding carboxylic acids is 1. The maximum atomic E-state index is 11.8. The van der Waals surface area contributed by atoms with Gasteiger partial charge in [0.2, 0.25) is 16.2 Å². The Balaban J connectivity index is 2.78. The molecule has 0 spiro atoms. The fourth-order valence-corrected chi connectivity index (χ4v) is 2.85. The summed E-state index contributed by atoms with van der Waals surface area (Å²) in [5.74, 6) is 0. The van der Waals surface area contributed by atoms with Gasteiger partial charge in [0.05, 0.1) is 30.0 Å². The van der Waals surface area contributed by atoms with Gasteiger partial charge in [0.25, 0.3) is 0 Å². The number of carbonyl (C=O) groups is 1. The molecule has 0 radical (unpaired) electrons. The fourth-order valence-electron chi connectivity index (χ4n) is 0.882. The Bertz CT molecular complexity index is 458. The Labute approximate surface area is 126 Å². The lowest BCUT2D eigenvalue weighted by molar-refractivity contribution is 0.0617. The van der Waals surface area contributed by atoms with E-state index < -0.39 is 22.8 Å². The molecule has 9 heteroatoms. The van der Waals surface area contributed by atoms with E-state index in [0.29, 0.717) is 5.13 Å². The average molecular weight is 404 g/mol. The summed E-state index contributed by atoms with van der Waals surface area (Å²) in [6.07, 6.45) is -0.521. The van der Waals surface area contributed by atoms with Gasteiger partial charge in [-0.2, -0.15) is 3.11 Å². The third-order valence-corrected chi connectivity index (χ3v) is 4.52. The molecule has 102 valence electrons. The molecule has 0 N–H and O–H groups in total. The van der Waals surface area contributed by atoms with E-state index in [4.69, 9.17) is 4.74 Å². The van der Waals surface area contributed by atoms with Crippen molar-refractivity contribution in [1.82, 2.24) is 4.98 Å². The molecule has 0 aliphatic rings. The Morgan fingerprint density at radius 3 is 2.67 bits per heavy atom. The van der Waals surface area contributed by atoms with Crippen molar-refractivity contribution in [3.8, 4) is 0 Å². The molecule has 0 saturated carbocycles. The first-order valence-corrected chi connectivity index (χ1v) is 7.77. The molecule has 1 aromatic heterocycles. The number of anilines is 1. The minimum Gasteiger partial charge on any atom is -0.443 e. The highest BCUT2D eigenvalue weighted by Crippen LogP contribution is 2.27. The van der Waals surface area contributed by atoms with Gasteiger partial charge < -0.3 is 4.74 Å². The van der Waals surface area contributed by atoms with E-state index in [1.165, 1.54) is 21.6 Å². The lowest BCUT2D eigenvalue weighted by Gasteiger charge is -2.21. The first-order chi connectivity index (χ1) is 8.24. The van der Waals surface area contributed by atoms with Crippen LogP contribution in [0, 0.1) is 0 Å². The molecule has 0 saturated heterocycles. The lowest BCUT2D eigenvalue weighted by Crippen LogP contribution is -2.30. The Morgan fingerprint density at radius 2 is 2.17 bits per heavy atom. The molecule has 0 aliphatic carbocycles. The third kappa shape index (κ3) is 4.44. The standard InChI is InChI=1S/C9H13IN2O4S2/c1-9(2,3)16-8(13)12(10)7-11-6(5-17-7)18(14)15-4/h5H,1-4H3. The van der Waals surface area contributed by atoms with Crippen LogP contribution < -0.4 is 3.11 Å². The van der Waals surface area contributed by atoms with Crippen LogP contribution in [-0.2, 0) is 20.0 Å². The highest BCUT2D eigenvalue weighted by molar-refractivity contribution is 14.1. The van der Waals surface area contributed by atoms with Gasteiger partial charge in [-0.05, 0) is 20.8 Å². The summed E-state index contributed by atoms with van der Waals surface area (Å²) in [6.45, 7) is 5.34. The number of ether oxygens (including phenoxy) is 1. The number of halogens is 1. The highest BCUT2D eigenvalue weighted by atomic mass is 127. The summed E-state index contributed by atoms with van der Waals surface area (Å²) in [7, 11) is 1.32. The van der Waals surface area contributed by atoms with Crippen LogP contribution in [0.3, 0.4) is 0 Å². The zero-order chi connectivity index (χ0) is 13.9. The zero-order valence-corrected chi connectivity index (χ0v) is 14.1. The lowest BCUT2D eigenvalue weighted by atomic mass is 10.2. The number of hydrogen-bond donors (Lipinski definition) is 0. The number of amides is 1. The second-order valence-electron chi connectivity index (χ2n) is 4.13. The minimum atomic E-state index is -1.60. The molecule has 18 heavy (non-hydrogen) atoms. The van der Waals surface area contributed by atoms with Gasteiger partial charge in [0, 0.05) is 5.38 Å². The topological polar surface area (TPSA) is 68.7 Å². The van der Waals surface area contributed by atoms with E-state index in [1.54, 1.807) is 49.0 Å². The molecule has 0 aromatic carbocycles. The first kappa shape index (κ1) is 15.8. The van der Waals surface area contributed by atoms with Crippen LogP contribution in [0.4, 0.5) is 9.93 Å². The highest BCUT2D eigenvalue weighted by Gasteiger charge is 2.24. The molecule has 6 nitrogen and oxygen atoms in total. The molecule has 1 heterocycles. The van der Waals surface area contributed by atoms with Crippen LogP contribution in [0.15, 0.2) is 10.4 Å². The minimum absolute atomic E-state index is 0.280. The Hall–Kier alpha value is -0.260. The predicted molar refractivity (Wildman–Crippen MR) is 78.3 cm³/mol. The van der Waals surface area contributed by atoms with E-state index in [-0.39, 0.29) is 5.03 Å². The summed E-state index contributed by atoms with van der Waals surface area (Å²) in [5.41, 5.74) is -0.573. The zero-order valence-electron chi connectivity index (χ0n) is 10.3. The van der Waals surface area contributed by atoms with Gasteiger partial charge in [-0.1, -0.05) is 0 Å². The maximum Gasteiger partial charge on any atom is 0.425 e. The van der Waals surface area contributed by atoms with Crippen molar-refractivity contribution in [2.45, 2.75) is 31.4 Å². The molecule has 0 bridgehead atoms. The van der Waals surface area contributed by atoms with E-state index >= 15 is 0 Å². The Kier molecular flexibility index (Phi) is 5.49. The van der Waals surface area contributed by atoms with E-state index in [9.17, 15) is 9.00 Å². The van der Waals surface area contributed by atoms with Crippen LogP contribution in [-0.4, -0.2) is 28.0 Å². The van der Waals surface area contributed by atoms with Crippen molar-refractivity contribution in [3.63, 3.8) is 0 Å². The second-order valence-corrected chi connectivity index (χ2v) is 7.15. The maximum absolute atomic E-state index is 11.8. The summed E-state index contributed by atoms with van der Waals surface area (Å²) >= 11 is 1.38. The first-order valence-electron chi connectivity index (χ1n) is 4.85. The van der Waals surface area contributed by atoms with E-state index in [2.05, 4.69) is 9.17 Å². The Morgan fingerprint density at radius 1 is 1.56 bits per heavy atom. The van der Waals surface area contributed by atoms with Crippen molar-refractivity contribution in [1.29, 1.82) is 0 Å². The van der Waals surface area contributed by atoms with Crippen molar-refractivity contribution < 1.29 is 17.9 Å². The average Bonchev–Trinajstić information content (AvgIpc) is 2.73. The second kappa shape index (κ2) is 6.26. The summed E-state index contributed by atoms with van der Waals surface area (Å²) in [4.78, 5) is 15.8. The number of nitrogens with zero attached hydrogens (tertiary/aromatic N) is 2. The summed E-state index contributed by atoms with van der Waals surface area (Å²) in [5, 5.41) is 2.25. The SMILES string of the molecule is COS(=O)c1csc(N(I)C(=O)OC(C)(C)C)n1. The molecule has 0 fully saturated rings. The van der Waals surface area contributed by atoms with Crippen molar-refractivity contribution >= 4 is 56.5 Å². The van der Waals surface area contributed by atoms with Gasteiger partial charge in [-0.15, -0.1) is 11.3 Å². The molecule has 1 amide bonds. The molecule has 1 aromatic rings. The molecular formula is C9H13IN2O4S2. The van der Waals surface area contributed by atoms with E-state index in [0.717, 1.165) is 0 Å². The van der Waals surface area contributed by atoms with Crippen LogP contribution in [0.5, 0.6) is 0 Å². The quantitative estimate of drug-likeness (QED) is 0.573. The smallest absolute Gasteiger partial charge is 0.425 e. The fraction of sp³-hybridized carbons (Fsp3) is 0.556. The van der Waals surface area contributed by atoms with Crippen molar-refractivity contribution in [2.24, 2.45) is 0 Å². The van der Waals surface area contributed by atoms with Crippen LogP contribution in [0.2, 0.25) is 0 Å². The number of rotatable bonds is 3. The number of thiazole rings is 1. The van der Waals surface area contributed by atoms with Crippen LogP contribution in [0.25, 0.3) is 0 Å². The summed E-state index contributed by atoms with van der Waals surface area (Å²) < 4.78 is 22.4. The third-order valence-electron chi connectivity index (χ3n) is 1.51.